The van der Waals surface area contributed by atoms with Crippen LogP contribution in [-0.4, -0.2) is 12.1 Å². The van der Waals surface area contributed by atoms with E-state index in [0.29, 0.717) is 12.1 Å². The largest absolute Gasteiger partial charge is 0.327 e. The maximum atomic E-state index is 6.74. The van der Waals surface area contributed by atoms with Crippen molar-refractivity contribution in [3.63, 3.8) is 0 Å². The van der Waals surface area contributed by atoms with Crippen LogP contribution in [0.5, 0.6) is 0 Å². The van der Waals surface area contributed by atoms with E-state index in [2.05, 4.69) is 0 Å². The van der Waals surface area contributed by atoms with Crippen molar-refractivity contribution in [2.24, 2.45) is 70.6 Å². The highest BCUT2D eigenvalue weighted by Gasteiger charge is 2.62. The summed E-state index contributed by atoms with van der Waals surface area (Å²) < 4.78 is 0. The van der Waals surface area contributed by atoms with E-state index in [9.17, 15) is 0 Å². The Bertz CT molecular complexity index is 490. The summed E-state index contributed by atoms with van der Waals surface area (Å²) in [6.45, 7) is 0. The van der Waals surface area contributed by atoms with Crippen molar-refractivity contribution in [2.45, 2.75) is 63.5 Å². The van der Waals surface area contributed by atoms with Crippen molar-refractivity contribution in [2.75, 3.05) is 0 Å². The summed E-state index contributed by atoms with van der Waals surface area (Å²) in [5.41, 5.74) is 13.3. The molecule has 7 fully saturated rings. The number of fused-ring (bicyclic) bond motifs is 5. The van der Waals surface area contributed by atoms with Crippen molar-refractivity contribution in [1.29, 1.82) is 0 Å². The lowest BCUT2D eigenvalue weighted by molar-refractivity contribution is -0.0882. The summed E-state index contributed by atoms with van der Waals surface area (Å²) in [6, 6.07) is 1.08. The van der Waals surface area contributed by atoms with Crippen LogP contribution in [0.4, 0.5) is 0 Å². The second kappa shape index (κ2) is 4.30. The fourth-order valence-electron chi connectivity index (χ4n) is 9.34. The highest BCUT2D eigenvalue weighted by Crippen LogP contribution is 2.67. The van der Waals surface area contributed by atoms with Gasteiger partial charge in [-0.25, -0.2) is 0 Å². The fraction of sp³-hybridized carbons (Fsp3) is 1.00. The predicted molar refractivity (Wildman–Crippen MR) is 87.8 cm³/mol. The van der Waals surface area contributed by atoms with Gasteiger partial charge in [0.15, 0.2) is 0 Å². The van der Waals surface area contributed by atoms with Gasteiger partial charge in [-0.05, 0) is 111 Å². The van der Waals surface area contributed by atoms with Gasteiger partial charge in [0.1, 0.15) is 0 Å². The zero-order chi connectivity index (χ0) is 14.6. The Hall–Kier alpha value is -0.0800. The monoisotopic (exact) mass is 300 g/mol. The van der Waals surface area contributed by atoms with E-state index in [-0.39, 0.29) is 0 Å². The van der Waals surface area contributed by atoms with E-state index >= 15 is 0 Å². The van der Waals surface area contributed by atoms with Crippen molar-refractivity contribution < 1.29 is 0 Å². The first-order valence-electron chi connectivity index (χ1n) is 10.2. The van der Waals surface area contributed by atoms with E-state index in [1.54, 1.807) is 6.42 Å². The van der Waals surface area contributed by atoms with Gasteiger partial charge in [-0.15, -0.1) is 0 Å². The summed E-state index contributed by atoms with van der Waals surface area (Å²) in [4.78, 5) is 0. The summed E-state index contributed by atoms with van der Waals surface area (Å²) in [5, 5.41) is 0. The molecule has 7 saturated carbocycles. The SMILES string of the molecule is NC1CC2CC1C1C2CCC1C1C2CC3CC(C2)C(N)C1C3. The van der Waals surface area contributed by atoms with Gasteiger partial charge >= 0.3 is 0 Å². The third-order valence-corrected chi connectivity index (χ3v) is 9.68. The lowest BCUT2D eigenvalue weighted by Gasteiger charge is -2.60. The lowest BCUT2D eigenvalue weighted by Crippen LogP contribution is -2.59. The average molecular weight is 300 g/mol. The number of hydrogen-bond donors (Lipinski definition) is 2. The first-order valence-corrected chi connectivity index (χ1v) is 10.2. The molecule has 12 unspecified atom stereocenters. The van der Waals surface area contributed by atoms with Crippen LogP contribution in [0, 0.1) is 59.2 Å². The number of hydrogen-bond acceptors (Lipinski definition) is 2. The quantitative estimate of drug-likeness (QED) is 0.782. The van der Waals surface area contributed by atoms with Gasteiger partial charge in [-0.3, -0.25) is 0 Å². The van der Waals surface area contributed by atoms with Gasteiger partial charge in [0.25, 0.3) is 0 Å². The molecular formula is C20H32N2. The zero-order valence-electron chi connectivity index (χ0n) is 13.7. The van der Waals surface area contributed by atoms with Crippen molar-refractivity contribution in [1.82, 2.24) is 0 Å². The molecule has 7 rings (SSSR count). The average Bonchev–Trinajstić information content (AvgIpc) is 3.15. The minimum atomic E-state index is 0.539. The smallest absolute Gasteiger partial charge is 0.00987 e. The molecule has 0 radical (unpaired) electrons. The molecule has 7 aliphatic carbocycles. The van der Waals surface area contributed by atoms with Crippen molar-refractivity contribution in [3.8, 4) is 0 Å². The number of nitrogens with two attached hydrogens (primary N) is 2. The molecule has 7 aliphatic rings. The maximum absolute atomic E-state index is 6.74. The molecule has 0 aliphatic heterocycles. The highest BCUT2D eigenvalue weighted by molar-refractivity contribution is 5.12. The van der Waals surface area contributed by atoms with Gasteiger partial charge in [0, 0.05) is 12.1 Å². The minimum absolute atomic E-state index is 0.539. The van der Waals surface area contributed by atoms with Crippen LogP contribution in [0.25, 0.3) is 0 Å². The summed E-state index contributed by atoms with van der Waals surface area (Å²) in [6.07, 6.45) is 11.9. The molecule has 4 N–H and O–H groups in total. The number of rotatable bonds is 1. The van der Waals surface area contributed by atoms with Gasteiger partial charge in [0.05, 0.1) is 0 Å². The standard InChI is InChI=1S/C20H32N2/c21-17-8-10-7-15(17)19-13(10)1-2-14(19)18-11-3-9-4-12(6-11)20(22)16(18)5-9/h9-20H,1-8,21-22H2. The third kappa shape index (κ3) is 1.50. The summed E-state index contributed by atoms with van der Waals surface area (Å²) in [5.74, 6) is 9.80. The van der Waals surface area contributed by atoms with E-state index in [1.165, 1.54) is 44.9 Å². The van der Waals surface area contributed by atoms with Gasteiger partial charge in [-0.2, -0.15) is 0 Å². The predicted octanol–water partition coefficient (Wildman–Crippen LogP) is 3.01. The zero-order valence-corrected chi connectivity index (χ0v) is 13.7. The molecule has 0 amide bonds. The normalized spacial score (nSPS) is 67.9. The molecule has 122 valence electrons. The van der Waals surface area contributed by atoms with Crippen molar-refractivity contribution >= 4 is 0 Å². The molecule has 0 aromatic heterocycles. The topological polar surface area (TPSA) is 52.0 Å². The Balaban J connectivity index is 1.33. The van der Waals surface area contributed by atoms with Gasteiger partial charge < -0.3 is 11.5 Å². The molecule has 0 aromatic carbocycles. The molecule has 12 atom stereocenters. The molecule has 22 heavy (non-hydrogen) atoms. The van der Waals surface area contributed by atoms with Crippen LogP contribution in [0.1, 0.15) is 51.4 Å². The van der Waals surface area contributed by atoms with E-state index in [0.717, 1.165) is 59.2 Å². The van der Waals surface area contributed by atoms with Crippen molar-refractivity contribution in [3.05, 3.63) is 0 Å². The molecule has 0 spiro atoms. The Morgan fingerprint density at radius 3 is 2.27 bits per heavy atom. The van der Waals surface area contributed by atoms with Crippen LogP contribution in [-0.2, 0) is 0 Å². The Labute approximate surface area is 134 Å². The molecule has 0 aromatic rings. The first-order chi connectivity index (χ1) is 10.7. The lowest BCUT2D eigenvalue weighted by atomic mass is 9.47. The second-order valence-corrected chi connectivity index (χ2v) is 10.2. The fourth-order valence-corrected chi connectivity index (χ4v) is 9.34. The highest BCUT2D eigenvalue weighted by atomic mass is 14.8. The Kier molecular flexibility index (Phi) is 2.59. The Morgan fingerprint density at radius 2 is 1.36 bits per heavy atom. The molecule has 2 heteroatoms. The van der Waals surface area contributed by atoms with Crippen LogP contribution >= 0.6 is 0 Å². The molecule has 0 saturated heterocycles. The van der Waals surface area contributed by atoms with Crippen LogP contribution in [0.15, 0.2) is 0 Å². The maximum Gasteiger partial charge on any atom is 0.00987 e. The molecule has 0 heterocycles. The van der Waals surface area contributed by atoms with E-state index < -0.39 is 0 Å². The molecule has 2 nitrogen and oxygen atoms in total. The van der Waals surface area contributed by atoms with E-state index in [1.807, 2.05) is 0 Å². The summed E-state index contributed by atoms with van der Waals surface area (Å²) >= 11 is 0. The molecular weight excluding hydrogens is 268 g/mol. The van der Waals surface area contributed by atoms with Crippen LogP contribution < -0.4 is 11.5 Å². The summed E-state index contributed by atoms with van der Waals surface area (Å²) in [7, 11) is 0. The van der Waals surface area contributed by atoms with Crippen LogP contribution in [0.2, 0.25) is 0 Å². The van der Waals surface area contributed by atoms with Gasteiger partial charge in [-0.1, -0.05) is 0 Å². The second-order valence-electron chi connectivity index (χ2n) is 10.2. The minimum Gasteiger partial charge on any atom is -0.327 e. The Morgan fingerprint density at radius 1 is 0.545 bits per heavy atom. The third-order valence-electron chi connectivity index (χ3n) is 9.68. The molecule has 6 bridgehead atoms. The first kappa shape index (κ1) is 13.2. The van der Waals surface area contributed by atoms with Gasteiger partial charge in [0.2, 0.25) is 0 Å². The van der Waals surface area contributed by atoms with E-state index in [4.69, 9.17) is 11.5 Å². The van der Waals surface area contributed by atoms with Crippen LogP contribution in [0.3, 0.4) is 0 Å².